The highest BCUT2D eigenvalue weighted by molar-refractivity contribution is 6.30. The number of imidazole rings is 1. The molecule has 5 rings (SSSR count). The summed E-state index contributed by atoms with van der Waals surface area (Å²) in [5.74, 6) is 0.840. The molecule has 1 aliphatic carbocycles. The fourth-order valence-electron chi connectivity index (χ4n) is 4.21. The molecule has 33 heavy (non-hydrogen) atoms. The van der Waals surface area contributed by atoms with E-state index in [1.807, 2.05) is 61.0 Å². The van der Waals surface area contributed by atoms with Crippen molar-refractivity contribution in [3.05, 3.63) is 87.1 Å². The molecule has 1 aliphatic heterocycles. The number of benzene rings is 1. The SMILES string of the molecule is C1CNCCN1.Cc1nccn1CC(C)(N=O)C1=Cc2cccnc2Cc2ccc(Cl)cc21. The van der Waals surface area contributed by atoms with Crippen LogP contribution in [-0.2, 0) is 13.0 Å². The Morgan fingerprint density at radius 3 is 2.52 bits per heavy atom. The molecule has 1 saturated heterocycles. The lowest BCUT2D eigenvalue weighted by molar-refractivity contribution is 0.489. The molecule has 7 nitrogen and oxygen atoms in total. The van der Waals surface area contributed by atoms with E-state index in [1.54, 1.807) is 12.4 Å². The summed E-state index contributed by atoms with van der Waals surface area (Å²) in [6.45, 7) is 8.73. The van der Waals surface area contributed by atoms with Crippen LogP contribution >= 0.6 is 11.6 Å². The van der Waals surface area contributed by atoms with Crippen LogP contribution in [0.15, 0.2) is 54.1 Å². The third-order valence-electron chi connectivity index (χ3n) is 6.09. The smallest absolute Gasteiger partial charge is 0.143 e. The zero-order chi connectivity index (χ0) is 23.3. The van der Waals surface area contributed by atoms with Crippen molar-refractivity contribution in [1.82, 2.24) is 25.2 Å². The normalized spacial score (nSPS) is 16.8. The number of aryl methyl sites for hydroxylation is 1. The van der Waals surface area contributed by atoms with Gasteiger partial charge in [0, 0.05) is 56.2 Å². The highest BCUT2D eigenvalue weighted by Gasteiger charge is 2.35. The van der Waals surface area contributed by atoms with Gasteiger partial charge in [0.2, 0.25) is 0 Å². The minimum atomic E-state index is -0.984. The number of nitrogens with one attached hydrogen (secondary N) is 2. The van der Waals surface area contributed by atoms with E-state index in [0.717, 1.165) is 60.0 Å². The summed E-state index contributed by atoms with van der Waals surface area (Å²) >= 11 is 6.30. The molecule has 3 aromatic rings. The molecule has 1 atom stereocenters. The summed E-state index contributed by atoms with van der Waals surface area (Å²) in [6, 6.07) is 9.71. The van der Waals surface area contributed by atoms with Crippen LogP contribution in [0.2, 0.25) is 5.02 Å². The Bertz CT molecular complexity index is 1140. The average molecular weight is 465 g/mol. The lowest BCUT2D eigenvalue weighted by Crippen LogP contribution is -2.39. The van der Waals surface area contributed by atoms with E-state index in [1.165, 1.54) is 0 Å². The fraction of sp³-hybridized carbons (Fsp3) is 0.360. The molecule has 1 fully saturated rings. The van der Waals surface area contributed by atoms with Crippen molar-refractivity contribution in [2.24, 2.45) is 5.18 Å². The van der Waals surface area contributed by atoms with E-state index in [4.69, 9.17) is 11.6 Å². The molecule has 0 radical (unpaired) electrons. The molecule has 1 unspecified atom stereocenters. The van der Waals surface area contributed by atoms with Gasteiger partial charge in [-0.15, -0.1) is 4.91 Å². The summed E-state index contributed by atoms with van der Waals surface area (Å²) in [5.41, 5.74) is 3.86. The van der Waals surface area contributed by atoms with Gasteiger partial charge in [0.25, 0.3) is 0 Å². The van der Waals surface area contributed by atoms with Crippen LogP contribution in [0.5, 0.6) is 0 Å². The number of piperazine rings is 1. The van der Waals surface area contributed by atoms with Crippen LogP contribution in [0.25, 0.3) is 11.6 Å². The number of nitroso groups, excluding NO2 is 1. The van der Waals surface area contributed by atoms with Crippen molar-refractivity contribution in [3.8, 4) is 0 Å². The predicted octanol–water partition coefficient (Wildman–Crippen LogP) is 4.09. The van der Waals surface area contributed by atoms with Crippen molar-refractivity contribution in [2.75, 3.05) is 26.2 Å². The quantitative estimate of drug-likeness (QED) is 0.568. The summed E-state index contributed by atoms with van der Waals surface area (Å²) in [4.78, 5) is 20.9. The zero-order valence-electron chi connectivity index (χ0n) is 19.0. The van der Waals surface area contributed by atoms with Gasteiger partial charge in [-0.3, -0.25) is 4.98 Å². The number of rotatable bonds is 4. The Hall–Kier alpha value is -2.87. The van der Waals surface area contributed by atoms with Crippen LogP contribution in [0, 0.1) is 11.8 Å². The maximum absolute atomic E-state index is 12.1. The largest absolute Gasteiger partial charge is 0.332 e. The fourth-order valence-corrected chi connectivity index (χ4v) is 4.38. The molecule has 0 amide bonds. The van der Waals surface area contributed by atoms with Gasteiger partial charge in [-0.25, -0.2) is 4.98 Å². The molecular formula is C25H29ClN6O. The van der Waals surface area contributed by atoms with E-state index < -0.39 is 5.54 Å². The van der Waals surface area contributed by atoms with Crippen LogP contribution in [-0.4, -0.2) is 46.3 Å². The Labute approximate surface area is 199 Å². The van der Waals surface area contributed by atoms with Gasteiger partial charge in [0.05, 0.1) is 12.2 Å². The van der Waals surface area contributed by atoms with Gasteiger partial charge in [-0.05, 0) is 60.4 Å². The molecular weight excluding hydrogens is 436 g/mol. The van der Waals surface area contributed by atoms with Gasteiger partial charge >= 0.3 is 0 Å². The van der Waals surface area contributed by atoms with Crippen molar-refractivity contribution >= 4 is 23.3 Å². The third kappa shape index (κ3) is 5.38. The number of fused-ring (bicyclic) bond motifs is 2. The highest BCUT2D eigenvalue weighted by atomic mass is 35.5. The van der Waals surface area contributed by atoms with Crippen LogP contribution < -0.4 is 10.6 Å². The second-order valence-electron chi connectivity index (χ2n) is 8.54. The standard InChI is InChI=1S/C21H19ClN4O.C4H10N2/c1-14-23-8-9-26(14)13-21(2,25-27)19-10-16-4-3-7-24-20(16)11-15-5-6-17(22)12-18(15)19;1-2-6-4-3-5-1/h3-10,12H,11,13H2,1-2H3;5-6H,1-4H2. The Morgan fingerprint density at radius 2 is 1.88 bits per heavy atom. The lowest BCUT2D eigenvalue weighted by Gasteiger charge is -2.27. The predicted molar refractivity (Wildman–Crippen MR) is 133 cm³/mol. The molecule has 172 valence electrons. The van der Waals surface area contributed by atoms with E-state index >= 15 is 0 Å². The van der Waals surface area contributed by atoms with Crippen molar-refractivity contribution in [2.45, 2.75) is 32.4 Å². The molecule has 3 heterocycles. The van der Waals surface area contributed by atoms with E-state index in [9.17, 15) is 4.91 Å². The Morgan fingerprint density at radius 1 is 1.12 bits per heavy atom. The number of pyridine rings is 1. The molecule has 0 bridgehead atoms. The van der Waals surface area contributed by atoms with Crippen LogP contribution in [0.4, 0.5) is 0 Å². The zero-order valence-corrected chi connectivity index (χ0v) is 19.8. The Balaban J connectivity index is 0.000000376. The molecule has 0 saturated carbocycles. The Kier molecular flexibility index (Phi) is 7.33. The van der Waals surface area contributed by atoms with Crippen LogP contribution in [0.3, 0.4) is 0 Å². The molecule has 2 aromatic heterocycles. The molecule has 0 spiro atoms. The summed E-state index contributed by atoms with van der Waals surface area (Å²) in [6.07, 6.45) is 8.09. The van der Waals surface area contributed by atoms with E-state index in [0.29, 0.717) is 18.0 Å². The number of nitrogens with zero attached hydrogens (tertiary/aromatic N) is 4. The number of halogens is 1. The maximum Gasteiger partial charge on any atom is 0.143 e. The topological polar surface area (TPSA) is 84.2 Å². The minimum absolute atomic E-state index is 0.399. The second-order valence-corrected chi connectivity index (χ2v) is 8.98. The maximum atomic E-state index is 12.1. The lowest BCUT2D eigenvalue weighted by atomic mass is 9.84. The van der Waals surface area contributed by atoms with Crippen LogP contribution in [0.1, 0.15) is 35.1 Å². The molecule has 8 heteroatoms. The highest BCUT2D eigenvalue weighted by Crippen LogP contribution is 2.40. The first-order valence-corrected chi connectivity index (χ1v) is 11.6. The summed E-state index contributed by atoms with van der Waals surface area (Å²) < 4.78 is 1.95. The van der Waals surface area contributed by atoms with Gasteiger partial charge < -0.3 is 15.2 Å². The number of aromatic nitrogens is 3. The average Bonchev–Trinajstić information content (AvgIpc) is 3.16. The van der Waals surface area contributed by atoms with Gasteiger partial charge in [-0.2, -0.15) is 0 Å². The number of hydrogen-bond acceptors (Lipinski definition) is 6. The molecule has 1 aromatic carbocycles. The van der Waals surface area contributed by atoms with Crippen molar-refractivity contribution in [3.63, 3.8) is 0 Å². The van der Waals surface area contributed by atoms with Gasteiger partial charge in [0.15, 0.2) is 0 Å². The first kappa shape index (κ1) is 23.3. The second kappa shape index (κ2) is 10.4. The monoisotopic (exact) mass is 464 g/mol. The molecule has 2 N–H and O–H groups in total. The summed E-state index contributed by atoms with van der Waals surface area (Å²) in [7, 11) is 0. The van der Waals surface area contributed by atoms with Crippen molar-refractivity contribution < 1.29 is 0 Å². The first-order valence-electron chi connectivity index (χ1n) is 11.2. The molecule has 2 aliphatic rings. The number of hydrogen-bond donors (Lipinski definition) is 2. The van der Waals surface area contributed by atoms with E-state index in [-0.39, 0.29) is 0 Å². The minimum Gasteiger partial charge on any atom is -0.332 e. The third-order valence-corrected chi connectivity index (χ3v) is 6.32. The van der Waals surface area contributed by atoms with Gasteiger partial charge in [0.1, 0.15) is 11.4 Å². The van der Waals surface area contributed by atoms with Crippen molar-refractivity contribution in [1.29, 1.82) is 0 Å². The first-order chi connectivity index (χ1) is 16.0. The summed E-state index contributed by atoms with van der Waals surface area (Å²) in [5, 5.41) is 10.6. The van der Waals surface area contributed by atoms with E-state index in [2.05, 4.69) is 25.8 Å². The van der Waals surface area contributed by atoms with Gasteiger partial charge in [-0.1, -0.05) is 28.9 Å².